The normalized spacial score (nSPS) is 12.8. The van der Waals surface area contributed by atoms with Gasteiger partial charge in [-0.05, 0) is 6.07 Å². The first kappa shape index (κ1) is 15.4. The number of thiazole rings is 1. The van der Waals surface area contributed by atoms with Crippen LogP contribution in [0.4, 0.5) is 0 Å². The Bertz CT molecular complexity index is 556. The summed E-state index contributed by atoms with van der Waals surface area (Å²) in [7, 11) is 0. The molecule has 0 fully saturated rings. The van der Waals surface area contributed by atoms with E-state index >= 15 is 0 Å². The van der Waals surface area contributed by atoms with E-state index in [1.807, 2.05) is 24.4 Å². The van der Waals surface area contributed by atoms with E-state index in [0.717, 1.165) is 10.6 Å². The molecule has 1 aromatic carbocycles. The van der Waals surface area contributed by atoms with Gasteiger partial charge in [-0.15, -0.1) is 11.3 Å². The average molecular weight is 311 g/mol. The van der Waals surface area contributed by atoms with Gasteiger partial charge in [0, 0.05) is 40.7 Å². The molecular formula is C15H19ClN2OS. The summed E-state index contributed by atoms with van der Waals surface area (Å²) in [5.41, 5.74) is 0.758. The minimum atomic E-state index is -0.596. The van der Waals surface area contributed by atoms with Crippen LogP contribution in [0.3, 0.4) is 0 Å². The van der Waals surface area contributed by atoms with Crippen molar-refractivity contribution in [1.29, 1.82) is 0 Å². The van der Waals surface area contributed by atoms with E-state index in [1.54, 1.807) is 17.4 Å². The minimum absolute atomic E-state index is 0.461. The van der Waals surface area contributed by atoms with Gasteiger partial charge in [0.05, 0.1) is 11.1 Å². The molecule has 0 aliphatic carbocycles. The average Bonchev–Trinajstić information content (AvgIpc) is 2.88. The molecule has 108 valence electrons. The molecule has 0 saturated carbocycles. The quantitative estimate of drug-likeness (QED) is 0.854. The summed E-state index contributed by atoms with van der Waals surface area (Å²) in [6.07, 6.45) is 1.30. The van der Waals surface area contributed by atoms with E-state index in [2.05, 4.69) is 24.1 Å². The first-order chi connectivity index (χ1) is 9.58. The number of nitrogens with one attached hydrogen (secondary N) is 1. The number of hydrogen-bond acceptors (Lipinski definition) is 4. The topological polar surface area (TPSA) is 45.2 Å². The monoisotopic (exact) mass is 310 g/mol. The van der Waals surface area contributed by atoms with Gasteiger partial charge >= 0.3 is 0 Å². The Labute approximate surface area is 128 Å². The van der Waals surface area contributed by atoms with Gasteiger partial charge < -0.3 is 10.4 Å². The maximum Gasteiger partial charge on any atom is 0.0953 e. The highest BCUT2D eigenvalue weighted by Gasteiger charge is 2.11. The van der Waals surface area contributed by atoms with E-state index in [0.29, 0.717) is 24.0 Å². The molecule has 1 atom stereocenters. The molecule has 0 aliphatic heterocycles. The van der Waals surface area contributed by atoms with Gasteiger partial charge in [-0.25, -0.2) is 4.98 Å². The lowest BCUT2D eigenvalue weighted by Crippen LogP contribution is -2.20. The summed E-state index contributed by atoms with van der Waals surface area (Å²) < 4.78 is 0. The summed E-state index contributed by atoms with van der Waals surface area (Å²) in [6, 6.07) is 7.37. The van der Waals surface area contributed by atoms with Crippen LogP contribution in [0, 0.1) is 0 Å². The molecule has 20 heavy (non-hydrogen) atoms. The predicted octanol–water partition coefficient (Wildman–Crippen LogP) is 3.74. The first-order valence-corrected chi connectivity index (χ1v) is 7.85. The van der Waals surface area contributed by atoms with Crippen molar-refractivity contribution in [3.8, 4) is 0 Å². The molecule has 1 unspecified atom stereocenters. The van der Waals surface area contributed by atoms with Crippen LogP contribution in [-0.2, 0) is 6.54 Å². The Morgan fingerprint density at radius 3 is 2.75 bits per heavy atom. The number of aliphatic hydroxyl groups is 1. The standard InChI is InChI=1S/C15H19ClN2OS/c1-10(2)15-18-8-11(20-15)7-17-9-14(19)12-5-3-4-6-13(12)16/h3-6,8,10,14,17,19H,7,9H2,1-2H3. The van der Waals surface area contributed by atoms with Crippen LogP contribution in [0.5, 0.6) is 0 Å². The van der Waals surface area contributed by atoms with Crippen LogP contribution < -0.4 is 5.32 Å². The van der Waals surface area contributed by atoms with Crippen LogP contribution in [0.2, 0.25) is 5.02 Å². The molecule has 2 aromatic rings. The Morgan fingerprint density at radius 1 is 1.35 bits per heavy atom. The fraction of sp³-hybridized carbons (Fsp3) is 0.400. The van der Waals surface area contributed by atoms with Gasteiger partial charge in [0.2, 0.25) is 0 Å². The van der Waals surface area contributed by atoms with Crippen LogP contribution in [0.1, 0.15) is 41.3 Å². The third kappa shape index (κ3) is 4.03. The second-order valence-electron chi connectivity index (χ2n) is 4.99. The number of nitrogens with zero attached hydrogens (tertiary/aromatic N) is 1. The zero-order valence-corrected chi connectivity index (χ0v) is 13.2. The van der Waals surface area contributed by atoms with Crippen molar-refractivity contribution in [3.63, 3.8) is 0 Å². The highest BCUT2D eigenvalue weighted by Crippen LogP contribution is 2.23. The van der Waals surface area contributed by atoms with Crippen LogP contribution in [0.15, 0.2) is 30.5 Å². The van der Waals surface area contributed by atoms with Crippen molar-refractivity contribution in [2.45, 2.75) is 32.4 Å². The molecule has 0 amide bonds. The molecule has 1 heterocycles. The smallest absolute Gasteiger partial charge is 0.0953 e. The molecule has 3 nitrogen and oxygen atoms in total. The Kier molecular flexibility index (Phi) is 5.54. The third-order valence-electron chi connectivity index (χ3n) is 2.97. The van der Waals surface area contributed by atoms with Gasteiger partial charge in [-0.3, -0.25) is 0 Å². The highest BCUT2D eigenvalue weighted by atomic mass is 35.5. The van der Waals surface area contributed by atoms with Crippen molar-refractivity contribution in [2.24, 2.45) is 0 Å². The van der Waals surface area contributed by atoms with Gasteiger partial charge in [0.25, 0.3) is 0 Å². The predicted molar refractivity (Wildman–Crippen MR) is 84.3 cm³/mol. The molecule has 0 bridgehead atoms. The molecule has 1 aromatic heterocycles. The molecule has 2 rings (SSSR count). The maximum absolute atomic E-state index is 10.1. The van der Waals surface area contributed by atoms with E-state index in [1.165, 1.54) is 4.88 Å². The lowest BCUT2D eigenvalue weighted by atomic mass is 10.1. The largest absolute Gasteiger partial charge is 0.387 e. The van der Waals surface area contributed by atoms with Crippen LogP contribution in [0.25, 0.3) is 0 Å². The fourth-order valence-corrected chi connectivity index (χ4v) is 3.01. The molecule has 5 heteroatoms. The second kappa shape index (κ2) is 7.18. The van der Waals surface area contributed by atoms with Crippen LogP contribution >= 0.6 is 22.9 Å². The lowest BCUT2D eigenvalue weighted by molar-refractivity contribution is 0.174. The van der Waals surface area contributed by atoms with Crippen molar-refractivity contribution in [1.82, 2.24) is 10.3 Å². The van der Waals surface area contributed by atoms with E-state index in [9.17, 15) is 5.11 Å². The summed E-state index contributed by atoms with van der Waals surface area (Å²) in [5, 5.41) is 15.1. The maximum atomic E-state index is 10.1. The van der Waals surface area contributed by atoms with E-state index < -0.39 is 6.10 Å². The number of rotatable bonds is 6. The Hall–Kier alpha value is -0.940. The molecular weight excluding hydrogens is 292 g/mol. The van der Waals surface area contributed by atoms with Gasteiger partial charge in [-0.2, -0.15) is 0 Å². The van der Waals surface area contributed by atoms with Crippen molar-refractivity contribution < 1.29 is 5.11 Å². The first-order valence-electron chi connectivity index (χ1n) is 6.65. The number of hydrogen-bond donors (Lipinski definition) is 2. The number of halogens is 1. The van der Waals surface area contributed by atoms with E-state index in [4.69, 9.17) is 11.6 Å². The minimum Gasteiger partial charge on any atom is -0.387 e. The SMILES string of the molecule is CC(C)c1ncc(CNCC(O)c2ccccc2Cl)s1. The fourth-order valence-electron chi connectivity index (χ4n) is 1.86. The zero-order chi connectivity index (χ0) is 14.5. The molecule has 0 aliphatic rings. The molecule has 2 N–H and O–H groups in total. The van der Waals surface area contributed by atoms with Crippen molar-refractivity contribution in [2.75, 3.05) is 6.54 Å². The van der Waals surface area contributed by atoms with Crippen molar-refractivity contribution in [3.05, 3.63) is 50.9 Å². The summed E-state index contributed by atoms with van der Waals surface area (Å²) in [6.45, 7) is 5.46. The van der Waals surface area contributed by atoms with Gasteiger partial charge in [0.1, 0.15) is 0 Å². The highest BCUT2D eigenvalue weighted by molar-refractivity contribution is 7.11. The van der Waals surface area contributed by atoms with E-state index in [-0.39, 0.29) is 0 Å². The zero-order valence-electron chi connectivity index (χ0n) is 11.6. The lowest BCUT2D eigenvalue weighted by Gasteiger charge is -2.13. The Morgan fingerprint density at radius 2 is 2.10 bits per heavy atom. The van der Waals surface area contributed by atoms with Gasteiger partial charge in [0.15, 0.2) is 0 Å². The molecule has 0 radical (unpaired) electrons. The number of aromatic nitrogens is 1. The van der Waals surface area contributed by atoms with Crippen molar-refractivity contribution >= 4 is 22.9 Å². The molecule has 0 spiro atoms. The van der Waals surface area contributed by atoms with Crippen LogP contribution in [-0.4, -0.2) is 16.6 Å². The third-order valence-corrected chi connectivity index (χ3v) is 4.61. The summed E-state index contributed by atoms with van der Waals surface area (Å²) in [4.78, 5) is 5.56. The summed E-state index contributed by atoms with van der Waals surface area (Å²) >= 11 is 7.77. The molecule has 0 saturated heterocycles. The Balaban J connectivity index is 1.85. The number of aliphatic hydroxyl groups excluding tert-OH is 1. The number of benzene rings is 1. The second-order valence-corrected chi connectivity index (χ2v) is 6.54. The summed E-state index contributed by atoms with van der Waals surface area (Å²) in [5.74, 6) is 0.461. The van der Waals surface area contributed by atoms with Gasteiger partial charge in [-0.1, -0.05) is 43.6 Å².